The van der Waals surface area contributed by atoms with Crippen molar-refractivity contribution in [2.45, 2.75) is 39.2 Å². The number of halogens is 1. The molecule has 0 aliphatic carbocycles. The van der Waals surface area contributed by atoms with Gasteiger partial charge in [-0.25, -0.2) is 0 Å². The zero-order chi connectivity index (χ0) is 15.2. The zero-order valence-corrected chi connectivity index (χ0v) is 14.4. The molecule has 0 saturated carbocycles. The highest BCUT2D eigenvalue weighted by molar-refractivity contribution is 5.85. The Morgan fingerprint density at radius 3 is 2.36 bits per heavy atom. The molecular weight excluding hydrogens is 294 g/mol. The number of hydrogen-bond donors (Lipinski definition) is 2. The molecule has 120 valence electrons. The highest BCUT2D eigenvalue weighted by Gasteiger charge is 2.17. The minimum Gasteiger partial charge on any atom is -0.508 e. The van der Waals surface area contributed by atoms with E-state index < -0.39 is 0 Å². The summed E-state index contributed by atoms with van der Waals surface area (Å²) in [6, 6.07) is 16.8. The fourth-order valence-corrected chi connectivity index (χ4v) is 2.66. The molecular formula is C19H26ClNO. The summed E-state index contributed by atoms with van der Waals surface area (Å²) in [5.41, 5.74) is 3.45. The summed E-state index contributed by atoms with van der Waals surface area (Å²) in [5.74, 6) is 0.608. The fraction of sp³-hybridized carbons (Fsp3) is 0.368. The Labute approximate surface area is 140 Å². The molecule has 0 aromatic heterocycles. The van der Waals surface area contributed by atoms with Gasteiger partial charge in [0.1, 0.15) is 5.75 Å². The second kappa shape index (κ2) is 8.82. The van der Waals surface area contributed by atoms with Crippen LogP contribution in [0.1, 0.15) is 42.9 Å². The number of rotatable bonds is 6. The van der Waals surface area contributed by atoms with Crippen LogP contribution in [0.4, 0.5) is 0 Å². The van der Waals surface area contributed by atoms with Crippen LogP contribution in [-0.2, 0) is 0 Å². The van der Waals surface area contributed by atoms with Gasteiger partial charge in [-0.1, -0.05) is 61.9 Å². The normalized spacial score (nSPS) is 12.0. The molecule has 22 heavy (non-hydrogen) atoms. The lowest BCUT2D eigenvalue weighted by atomic mass is 9.87. The van der Waals surface area contributed by atoms with Gasteiger partial charge >= 0.3 is 0 Å². The standard InChI is InChI=1S/C19H25NO.ClH/c1-14(2)20-12-11-17(16-7-5-4-6-8-16)18-13-15(3)9-10-19(18)21;/h4-10,13-14,17,20-21H,11-12H2,1-3H3;1H/t17-;/m1./s1. The lowest BCUT2D eigenvalue weighted by molar-refractivity contribution is 0.460. The van der Waals surface area contributed by atoms with Gasteiger partial charge in [0.2, 0.25) is 0 Å². The average molecular weight is 320 g/mol. The monoisotopic (exact) mass is 319 g/mol. The van der Waals surface area contributed by atoms with E-state index in [0.717, 1.165) is 18.5 Å². The van der Waals surface area contributed by atoms with Gasteiger partial charge < -0.3 is 10.4 Å². The number of benzene rings is 2. The Hall–Kier alpha value is -1.51. The second-order valence-electron chi connectivity index (χ2n) is 5.92. The molecule has 2 aromatic carbocycles. The van der Waals surface area contributed by atoms with Crippen molar-refractivity contribution in [1.82, 2.24) is 5.32 Å². The van der Waals surface area contributed by atoms with Gasteiger partial charge in [-0.05, 0) is 31.5 Å². The lowest BCUT2D eigenvalue weighted by Gasteiger charge is -2.21. The van der Waals surface area contributed by atoms with Crippen LogP contribution in [-0.4, -0.2) is 17.7 Å². The van der Waals surface area contributed by atoms with Crippen molar-refractivity contribution in [3.63, 3.8) is 0 Å². The van der Waals surface area contributed by atoms with E-state index >= 15 is 0 Å². The van der Waals surface area contributed by atoms with E-state index in [2.05, 4.69) is 56.4 Å². The molecule has 0 saturated heterocycles. The van der Waals surface area contributed by atoms with Crippen LogP contribution < -0.4 is 5.32 Å². The maximum atomic E-state index is 10.3. The summed E-state index contributed by atoms with van der Waals surface area (Å²) < 4.78 is 0. The largest absolute Gasteiger partial charge is 0.508 e. The molecule has 1 atom stereocenters. The highest BCUT2D eigenvalue weighted by atomic mass is 35.5. The highest BCUT2D eigenvalue weighted by Crippen LogP contribution is 2.34. The van der Waals surface area contributed by atoms with Gasteiger partial charge in [-0.15, -0.1) is 12.4 Å². The SMILES string of the molecule is Cc1ccc(O)c([C@H](CCNC(C)C)c2ccccc2)c1.Cl. The number of phenolic OH excluding ortho intramolecular Hbond substituents is 1. The van der Waals surface area contributed by atoms with E-state index in [0.29, 0.717) is 11.8 Å². The van der Waals surface area contributed by atoms with Crippen LogP contribution >= 0.6 is 12.4 Å². The third-order valence-corrected chi connectivity index (χ3v) is 3.75. The number of nitrogens with one attached hydrogen (secondary N) is 1. The van der Waals surface area contributed by atoms with Crippen molar-refractivity contribution in [1.29, 1.82) is 0 Å². The van der Waals surface area contributed by atoms with Crippen LogP contribution in [0.15, 0.2) is 48.5 Å². The van der Waals surface area contributed by atoms with Crippen molar-refractivity contribution >= 4 is 12.4 Å². The molecule has 0 amide bonds. The maximum absolute atomic E-state index is 10.3. The Morgan fingerprint density at radius 1 is 1.05 bits per heavy atom. The molecule has 0 fully saturated rings. The maximum Gasteiger partial charge on any atom is 0.119 e. The number of hydrogen-bond acceptors (Lipinski definition) is 2. The van der Waals surface area contributed by atoms with Crippen molar-refractivity contribution in [3.8, 4) is 5.75 Å². The first-order chi connectivity index (χ1) is 10.1. The predicted molar refractivity (Wildman–Crippen MR) is 96.1 cm³/mol. The van der Waals surface area contributed by atoms with E-state index in [1.807, 2.05) is 12.1 Å². The molecule has 2 rings (SSSR count). The first kappa shape index (κ1) is 18.5. The first-order valence-electron chi connectivity index (χ1n) is 7.65. The van der Waals surface area contributed by atoms with Gasteiger partial charge in [-0.2, -0.15) is 0 Å². The van der Waals surface area contributed by atoms with Crippen LogP contribution in [0.3, 0.4) is 0 Å². The Kier molecular flexibility index (Phi) is 7.43. The van der Waals surface area contributed by atoms with E-state index in [-0.39, 0.29) is 18.3 Å². The molecule has 0 spiro atoms. The average Bonchev–Trinajstić information content (AvgIpc) is 2.47. The van der Waals surface area contributed by atoms with Crippen molar-refractivity contribution in [3.05, 3.63) is 65.2 Å². The van der Waals surface area contributed by atoms with Crippen molar-refractivity contribution in [2.75, 3.05) is 6.54 Å². The van der Waals surface area contributed by atoms with E-state index in [4.69, 9.17) is 0 Å². The van der Waals surface area contributed by atoms with E-state index in [9.17, 15) is 5.11 Å². The molecule has 0 aliphatic rings. The molecule has 0 bridgehead atoms. The number of aryl methyl sites for hydroxylation is 1. The molecule has 3 heteroatoms. The van der Waals surface area contributed by atoms with Gasteiger partial charge in [-0.3, -0.25) is 0 Å². The molecule has 0 heterocycles. The fourth-order valence-electron chi connectivity index (χ4n) is 2.66. The summed E-state index contributed by atoms with van der Waals surface area (Å²) in [6.07, 6.45) is 0.971. The molecule has 0 unspecified atom stereocenters. The summed E-state index contributed by atoms with van der Waals surface area (Å²) in [6.45, 7) is 7.31. The molecule has 0 radical (unpaired) electrons. The Bertz CT molecular complexity index is 569. The van der Waals surface area contributed by atoms with Crippen LogP contribution in [0.2, 0.25) is 0 Å². The van der Waals surface area contributed by atoms with E-state index in [1.54, 1.807) is 6.07 Å². The third kappa shape index (κ3) is 5.04. The topological polar surface area (TPSA) is 32.3 Å². The smallest absolute Gasteiger partial charge is 0.119 e. The van der Waals surface area contributed by atoms with Crippen molar-refractivity contribution < 1.29 is 5.11 Å². The molecule has 2 N–H and O–H groups in total. The van der Waals surface area contributed by atoms with E-state index in [1.165, 1.54) is 11.1 Å². The number of phenols is 1. The minimum absolute atomic E-state index is 0. The second-order valence-corrected chi connectivity index (χ2v) is 5.92. The van der Waals surface area contributed by atoms with Gasteiger partial charge in [0, 0.05) is 17.5 Å². The molecule has 0 aliphatic heterocycles. The Balaban J connectivity index is 0.00000242. The van der Waals surface area contributed by atoms with Gasteiger partial charge in [0.25, 0.3) is 0 Å². The minimum atomic E-state index is 0. The van der Waals surface area contributed by atoms with Crippen LogP contribution in [0.5, 0.6) is 5.75 Å². The number of aromatic hydroxyl groups is 1. The van der Waals surface area contributed by atoms with Crippen molar-refractivity contribution in [2.24, 2.45) is 0 Å². The molecule has 2 aromatic rings. The predicted octanol–water partition coefficient (Wildman–Crippen LogP) is 4.64. The first-order valence-corrected chi connectivity index (χ1v) is 7.65. The van der Waals surface area contributed by atoms with Gasteiger partial charge in [0.15, 0.2) is 0 Å². The Morgan fingerprint density at radius 2 is 1.73 bits per heavy atom. The lowest BCUT2D eigenvalue weighted by Crippen LogP contribution is -2.25. The molecule has 2 nitrogen and oxygen atoms in total. The third-order valence-electron chi connectivity index (χ3n) is 3.75. The van der Waals surface area contributed by atoms with Crippen LogP contribution in [0, 0.1) is 6.92 Å². The summed E-state index contributed by atoms with van der Waals surface area (Å²) in [7, 11) is 0. The van der Waals surface area contributed by atoms with Gasteiger partial charge in [0.05, 0.1) is 0 Å². The summed E-state index contributed by atoms with van der Waals surface area (Å²) in [4.78, 5) is 0. The summed E-state index contributed by atoms with van der Waals surface area (Å²) in [5, 5.41) is 13.7. The summed E-state index contributed by atoms with van der Waals surface area (Å²) >= 11 is 0. The quantitative estimate of drug-likeness (QED) is 0.812. The van der Waals surface area contributed by atoms with Crippen LogP contribution in [0.25, 0.3) is 0 Å². The zero-order valence-electron chi connectivity index (χ0n) is 13.5.